The third-order valence-corrected chi connectivity index (χ3v) is 7.01. The monoisotopic (exact) mass is 432 g/mol. The molecule has 2 atom stereocenters. The highest BCUT2D eigenvalue weighted by molar-refractivity contribution is 6.20. The van der Waals surface area contributed by atoms with Crippen molar-refractivity contribution in [2.75, 3.05) is 24.5 Å². The summed E-state index contributed by atoms with van der Waals surface area (Å²) >= 11 is 0. The molecule has 7 heteroatoms. The zero-order valence-electron chi connectivity index (χ0n) is 18.5. The van der Waals surface area contributed by atoms with Crippen LogP contribution in [0.15, 0.2) is 54.6 Å². The lowest BCUT2D eigenvalue weighted by atomic mass is 9.67. The largest absolute Gasteiger partial charge is 0.364 e. The Morgan fingerprint density at radius 2 is 1.72 bits per heavy atom. The molecular formula is C25H28N4O3. The molecule has 0 aromatic heterocycles. The Balaban J connectivity index is 1.57. The molecular weight excluding hydrogens is 404 g/mol. The molecule has 2 aromatic rings. The smallest absolute Gasteiger partial charge is 0.331 e. The molecule has 0 saturated carbocycles. The second-order valence-corrected chi connectivity index (χ2v) is 9.23. The average Bonchev–Trinajstić information content (AvgIpc) is 2.78. The predicted octanol–water partition coefficient (Wildman–Crippen LogP) is 2.41. The molecule has 5 rings (SSSR count). The van der Waals surface area contributed by atoms with Crippen molar-refractivity contribution in [1.82, 2.24) is 15.1 Å². The number of urea groups is 1. The van der Waals surface area contributed by atoms with Crippen molar-refractivity contribution in [2.45, 2.75) is 38.9 Å². The van der Waals surface area contributed by atoms with E-state index in [1.807, 2.05) is 36.4 Å². The zero-order chi connectivity index (χ0) is 22.5. The van der Waals surface area contributed by atoms with Gasteiger partial charge < -0.3 is 4.90 Å². The number of imide groups is 2. The second kappa shape index (κ2) is 7.74. The van der Waals surface area contributed by atoms with Gasteiger partial charge in [-0.05, 0) is 37.5 Å². The Bertz CT molecular complexity index is 1070. The summed E-state index contributed by atoms with van der Waals surface area (Å²) in [6.45, 7) is 6.48. The minimum Gasteiger partial charge on any atom is -0.364 e. The third-order valence-electron chi connectivity index (χ3n) is 7.01. The van der Waals surface area contributed by atoms with Gasteiger partial charge in [0.1, 0.15) is 0 Å². The fraction of sp³-hybridized carbons (Fsp3) is 0.400. The van der Waals surface area contributed by atoms with E-state index in [2.05, 4.69) is 33.3 Å². The lowest BCUT2D eigenvalue weighted by Crippen LogP contribution is -2.75. The van der Waals surface area contributed by atoms with Gasteiger partial charge in [-0.1, -0.05) is 48.5 Å². The van der Waals surface area contributed by atoms with Gasteiger partial charge in [0.15, 0.2) is 5.41 Å². The summed E-state index contributed by atoms with van der Waals surface area (Å²) in [6, 6.07) is 16.9. The molecule has 2 saturated heterocycles. The van der Waals surface area contributed by atoms with Crippen molar-refractivity contribution >= 4 is 23.5 Å². The molecule has 7 nitrogen and oxygen atoms in total. The fourth-order valence-electron chi connectivity index (χ4n) is 5.49. The number of nitrogens with zero attached hydrogens (tertiary/aromatic N) is 3. The number of hydrogen-bond acceptors (Lipinski definition) is 5. The topological polar surface area (TPSA) is 73.0 Å². The molecule has 3 heterocycles. The van der Waals surface area contributed by atoms with E-state index in [9.17, 15) is 14.4 Å². The molecule has 2 fully saturated rings. The molecule has 1 spiro atoms. The van der Waals surface area contributed by atoms with E-state index in [4.69, 9.17) is 0 Å². The fourth-order valence-corrected chi connectivity index (χ4v) is 5.49. The van der Waals surface area contributed by atoms with E-state index < -0.39 is 17.4 Å². The van der Waals surface area contributed by atoms with Gasteiger partial charge in [-0.3, -0.25) is 24.7 Å². The van der Waals surface area contributed by atoms with Gasteiger partial charge in [0.2, 0.25) is 11.8 Å². The van der Waals surface area contributed by atoms with Crippen molar-refractivity contribution in [3.05, 3.63) is 65.7 Å². The standard InChI is InChI=1S/C25H28N4O3/c1-17(2)29-23(31)25(22(30)26-24(29)32)14-19-10-6-7-11-20(19)28-13-12-27(16-21(25)28)15-18-8-4-3-5-9-18/h3-11,17,21H,12-16H2,1-2H3,(H,26,30,32)/t21-,25+/m0/s1. The second-order valence-electron chi connectivity index (χ2n) is 9.23. The maximum absolute atomic E-state index is 13.9. The summed E-state index contributed by atoms with van der Waals surface area (Å²) in [5.41, 5.74) is 1.92. The van der Waals surface area contributed by atoms with Crippen LogP contribution in [0.3, 0.4) is 0 Å². The van der Waals surface area contributed by atoms with E-state index in [0.29, 0.717) is 19.5 Å². The predicted molar refractivity (Wildman–Crippen MR) is 121 cm³/mol. The maximum atomic E-state index is 13.9. The van der Waals surface area contributed by atoms with E-state index in [1.165, 1.54) is 10.5 Å². The van der Waals surface area contributed by atoms with Gasteiger partial charge in [-0.15, -0.1) is 0 Å². The molecule has 0 unspecified atom stereocenters. The number of carbonyl (C=O) groups is 3. The molecule has 1 N–H and O–H groups in total. The van der Waals surface area contributed by atoms with Gasteiger partial charge in [0.25, 0.3) is 0 Å². The first-order valence-electron chi connectivity index (χ1n) is 11.2. The molecule has 32 heavy (non-hydrogen) atoms. The lowest BCUT2D eigenvalue weighted by Gasteiger charge is -2.55. The van der Waals surface area contributed by atoms with E-state index in [0.717, 1.165) is 24.3 Å². The first-order valence-corrected chi connectivity index (χ1v) is 11.2. The summed E-state index contributed by atoms with van der Waals surface area (Å²) in [5, 5.41) is 2.51. The summed E-state index contributed by atoms with van der Waals surface area (Å²) in [7, 11) is 0. The quantitative estimate of drug-likeness (QED) is 0.754. The highest BCUT2D eigenvalue weighted by atomic mass is 16.2. The number of benzene rings is 2. The van der Waals surface area contributed by atoms with Crippen LogP contribution in [0.25, 0.3) is 0 Å². The van der Waals surface area contributed by atoms with Crippen LogP contribution in [-0.2, 0) is 22.6 Å². The SMILES string of the molecule is CC(C)N1C(=O)NC(=O)[C@]2(Cc3ccccc3N3CCN(Cc4ccccc4)C[C@H]32)C1=O. The molecule has 0 bridgehead atoms. The number of amides is 4. The zero-order valence-corrected chi connectivity index (χ0v) is 18.5. The number of piperazine rings is 1. The van der Waals surface area contributed by atoms with Crippen molar-refractivity contribution in [3.8, 4) is 0 Å². The van der Waals surface area contributed by atoms with Crippen molar-refractivity contribution in [2.24, 2.45) is 5.41 Å². The molecule has 3 aliphatic heterocycles. The molecule has 3 aliphatic rings. The van der Waals surface area contributed by atoms with Crippen molar-refractivity contribution < 1.29 is 14.4 Å². The number of nitrogens with one attached hydrogen (secondary N) is 1. The molecule has 2 aromatic carbocycles. The first-order chi connectivity index (χ1) is 15.4. The Morgan fingerprint density at radius 1 is 1.00 bits per heavy atom. The van der Waals surface area contributed by atoms with Gasteiger partial charge in [0, 0.05) is 37.9 Å². The van der Waals surface area contributed by atoms with E-state index in [1.54, 1.807) is 13.8 Å². The van der Waals surface area contributed by atoms with E-state index >= 15 is 0 Å². The molecule has 166 valence electrons. The van der Waals surface area contributed by atoms with Crippen LogP contribution < -0.4 is 10.2 Å². The molecule has 4 amide bonds. The third kappa shape index (κ3) is 3.11. The minimum absolute atomic E-state index is 0.296. The van der Waals surface area contributed by atoms with Gasteiger partial charge in [-0.25, -0.2) is 4.79 Å². The number of para-hydroxylation sites is 1. The van der Waals surface area contributed by atoms with Crippen LogP contribution in [0.5, 0.6) is 0 Å². The maximum Gasteiger partial charge on any atom is 0.331 e. The summed E-state index contributed by atoms with van der Waals surface area (Å²) in [4.78, 5) is 45.6. The molecule has 0 aliphatic carbocycles. The van der Waals surface area contributed by atoms with Crippen LogP contribution in [0.4, 0.5) is 10.5 Å². The summed E-state index contributed by atoms with van der Waals surface area (Å²) in [5.74, 6) is -0.859. The van der Waals surface area contributed by atoms with Crippen molar-refractivity contribution in [3.63, 3.8) is 0 Å². The van der Waals surface area contributed by atoms with E-state index in [-0.39, 0.29) is 18.0 Å². The number of hydrogen-bond donors (Lipinski definition) is 1. The Labute approximate surface area is 188 Å². The normalized spacial score (nSPS) is 25.7. The van der Waals surface area contributed by atoms with Gasteiger partial charge in [-0.2, -0.15) is 0 Å². The van der Waals surface area contributed by atoms with Crippen LogP contribution >= 0.6 is 0 Å². The Hall–Kier alpha value is -3.19. The Morgan fingerprint density at radius 3 is 2.47 bits per heavy atom. The molecule has 0 radical (unpaired) electrons. The number of carbonyl (C=O) groups excluding carboxylic acids is 3. The first kappa shape index (κ1) is 20.7. The minimum atomic E-state index is -1.33. The van der Waals surface area contributed by atoms with Gasteiger partial charge in [0.05, 0.1) is 6.04 Å². The van der Waals surface area contributed by atoms with Crippen LogP contribution in [0, 0.1) is 5.41 Å². The Kier molecular flexibility index (Phi) is 5.01. The summed E-state index contributed by atoms with van der Waals surface area (Å²) < 4.78 is 0. The van der Waals surface area contributed by atoms with Crippen LogP contribution in [-0.4, -0.2) is 59.4 Å². The number of rotatable bonds is 3. The highest BCUT2D eigenvalue weighted by Crippen LogP contribution is 2.46. The van der Waals surface area contributed by atoms with Crippen LogP contribution in [0.1, 0.15) is 25.0 Å². The number of anilines is 1. The number of barbiturate groups is 1. The number of fused-ring (bicyclic) bond motifs is 4. The lowest BCUT2D eigenvalue weighted by molar-refractivity contribution is -0.155. The summed E-state index contributed by atoms with van der Waals surface area (Å²) in [6.07, 6.45) is 0.296. The average molecular weight is 433 g/mol. The highest BCUT2D eigenvalue weighted by Gasteiger charge is 2.63. The van der Waals surface area contributed by atoms with Crippen molar-refractivity contribution in [1.29, 1.82) is 0 Å². The van der Waals surface area contributed by atoms with Gasteiger partial charge >= 0.3 is 6.03 Å². The van der Waals surface area contributed by atoms with Crippen LogP contribution in [0.2, 0.25) is 0 Å².